The number of esters is 2. The summed E-state index contributed by atoms with van der Waals surface area (Å²) < 4.78 is 15.3. The van der Waals surface area contributed by atoms with Gasteiger partial charge in [-0.05, 0) is 37.3 Å². The first-order valence-corrected chi connectivity index (χ1v) is 10.6. The molecule has 0 unspecified atom stereocenters. The first kappa shape index (κ1) is 23.0. The minimum atomic E-state index is -0.570. The first-order valence-electron chi connectivity index (χ1n) is 9.69. The van der Waals surface area contributed by atoms with E-state index in [4.69, 9.17) is 9.47 Å². The van der Waals surface area contributed by atoms with Gasteiger partial charge in [0.1, 0.15) is 17.4 Å². The molecule has 0 aliphatic rings. The van der Waals surface area contributed by atoms with Crippen LogP contribution in [0.15, 0.2) is 53.9 Å². The molecule has 0 atom stereocenters. The molecule has 1 heterocycles. The van der Waals surface area contributed by atoms with Crippen LogP contribution in [0.4, 0.5) is 5.69 Å². The number of nitrogens with zero attached hydrogens (tertiary/aromatic N) is 1. The standard InChI is InChI=1S/C23H22N2O6S/c1-15-6-8-19(9-7-15)30-13-21-25-18(14-32-21)11-22(27)31-12-20(26)24-17-5-3-4-16(10-17)23(28)29-2/h3-10,14H,11-13H2,1-2H3,(H,24,26). The number of rotatable bonds is 9. The predicted molar refractivity (Wildman–Crippen MR) is 119 cm³/mol. The molecule has 0 aliphatic heterocycles. The highest BCUT2D eigenvalue weighted by Crippen LogP contribution is 2.17. The summed E-state index contributed by atoms with van der Waals surface area (Å²) in [6, 6.07) is 14.0. The molecule has 9 heteroatoms. The maximum absolute atomic E-state index is 12.0. The predicted octanol–water partition coefficient (Wildman–Crippen LogP) is 3.54. The molecule has 0 saturated carbocycles. The molecule has 0 radical (unpaired) electrons. The lowest BCUT2D eigenvalue weighted by Gasteiger charge is -2.07. The van der Waals surface area contributed by atoms with E-state index in [1.165, 1.54) is 24.5 Å². The summed E-state index contributed by atoms with van der Waals surface area (Å²) in [6.45, 7) is 1.85. The number of hydrogen-bond donors (Lipinski definition) is 1. The van der Waals surface area contributed by atoms with Crippen LogP contribution in [0.2, 0.25) is 0 Å². The monoisotopic (exact) mass is 454 g/mol. The lowest BCUT2D eigenvalue weighted by Crippen LogP contribution is -2.21. The van der Waals surface area contributed by atoms with Crippen molar-refractivity contribution in [3.8, 4) is 5.75 Å². The Kier molecular flexibility index (Phi) is 7.93. The van der Waals surface area contributed by atoms with Gasteiger partial charge < -0.3 is 19.5 Å². The number of amides is 1. The molecule has 3 aromatic rings. The normalized spacial score (nSPS) is 10.3. The lowest BCUT2D eigenvalue weighted by molar-refractivity contribution is -0.146. The van der Waals surface area contributed by atoms with Gasteiger partial charge in [-0.3, -0.25) is 9.59 Å². The molecule has 8 nitrogen and oxygen atoms in total. The van der Waals surface area contributed by atoms with Crippen molar-refractivity contribution in [2.75, 3.05) is 19.0 Å². The van der Waals surface area contributed by atoms with Gasteiger partial charge in [-0.1, -0.05) is 23.8 Å². The molecule has 32 heavy (non-hydrogen) atoms. The van der Waals surface area contributed by atoms with E-state index in [0.717, 1.165) is 16.3 Å². The fourth-order valence-corrected chi connectivity index (χ4v) is 3.36. The molecule has 0 aliphatic carbocycles. The second kappa shape index (κ2) is 11.1. The fourth-order valence-electron chi connectivity index (χ4n) is 2.66. The highest BCUT2D eigenvalue weighted by Gasteiger charge is 2.13. The van der Waals surface area contributed by atoms with E-state index in [1.807, 2.05) is 31.2 Å². The Bertz CT molecular complexity index is 1090. The first-order chi connectivity index (χ1) is 15.4. The van der Waals surface area contributed by atoms with Crippen LogP contribution in [-0.4, -0.2) is 36.5 Å². The zero-order chi connectivity index (χ0) is 22.9. The summed E-state index contributed by atoms with van der Waals surface area (Å²) in [4.78, 5) is 40.0. The van der Waals surface area contributed by atoms with Crippen LogP contribution >= 0.6 is 11.3 Å². The topological polar surface area (TPSA) is 104 Å². The Morgan fingerprint density at radius 3 is 2.62 bits per heavy atom. The van der Waals surface area contributed by atoms with E-state index in [0.29, 0.717) is 23.6 Å². The molecule has 0 spiro atoms. The highest BCUT2D eigenvalue weighted by molar-refractivity contribution is 7.09. The minimum Gasteiger partial charge on any atom is -0.486 e. The van der Waals surface area contributed by atoms with Gasteiger partial charge in [-0.25, -0.2) is 9.78 Å². The van der Waals surface area contributed by atoms with Crippen LogP contribution < -0.4 is 10.1 Å². The van der Waals surface area contributed by atoms with Gasteiger partial charge in [-0.2, -0.15) is 0 Å². The van der Waals surface area contributed by atoms with Gasteiger partial charge in [0, 0.05) is 11.1 Å². The molecule has 166 valence electrons. The number of thiazole rings is 1. The summed E-state index contributed by atoms with van der Waals surface area (Å²) in [5.41, 5.74) is 2.39. The van der Waals surface area contributed by atoms with Crippen molar-refractivity contribution in [1.82, 2.24) is 4.98 Å². The third kappa shape index (κ3) is 6.92. The highest BCUT2D eigenvalue weighted by atomic mass is 32.1. The maximum Gasteiger partial charge on any atom is 0.337 e. The SMILES string of the molecule is COC(=O)c1cccc(NC(=O)COC(=O)Cc2csc(COc3ccc(C)cc3)n2)c1. The van der Waals surface area contributed by atoms with E-state index >= 15 is 0 Å². The van der Waals surface area contributed by atoms with Crippen LogP contribution in [0.3, 0.4) is 0 Å². The number of benzene rings is 2. The molecule has 2 aromatic carbocycles. The number of anilines is 1. The van der Waals surface area contributed by atoms with Crippen LogP contribution in [0.5, 0.6) is 5.75 Å². The van der Waals surface area contributed by atoms with Crippen molar-refractivity contribution >= 4 is 34.9 Å². The van der Waals surface area contributed by atoms with Crippen LogP contribution in [0, 0.1) is 6.92 Å². The third-order valence-corrected chi connectivity index (χ3v) is 5.11. The second-order valence-corrected chi connectivity index (χ2v) is 7.73. The van der Waals surface area contributed by atoms with Gasteiger partial charge >= 0.3 is 11.9 Å². The van der Waals surface area contributed by atoms with E-state index in [-0.39, 0.29) is 6.42 Å². The average Bonchev–Trinajstić information content (AvgIpc) is 3.24. The molecule has 3 rings (SSSR count). The molecular weight excluding hydrogens is 432 g/mol. The van der Waals surface area contributed by atoms with Gasteiger partial charge in [0.2, 0.25) is 0 Å². The number of carbonyl (C=O) groups is 3. The number of hydrogen-bond acceptors (Lipinski definition) is 8. The number of nitrogens with one attached hydrogen (secondary N) is 1. The fraction of sp³-hybridized carbons (Fsp3) is 0.217. The molecule has 1 N–H and O–H groups in total. The summed E-state index contributed by atoms with van der Waals surface area (Å²) in [7, 11) is 1.27. The molecule has 1 aromatic heterocycles. The van der Waals surface area contributed by atoms with Gasteiger partial charge in [0.05, 0.1) is 24.8 Å². The maximum atomic E-state index is 12.0. The quantitative estimate of drug-likeness (QED) is 0.493. The minimum absolute atomic E-state index is 0.0495. The number of methoxy groups -OCH3 is 1. The molecule has 1 amide bonds. The van der Waals surface area contributed by atoms with E-state index in [2.05, 4.69) is 15.0 Å². The summed E-state index contributed by atoms with van der Waals surface area (Å²) in [5.74, 6) is -0.861. The number of ether oxygens (including phenoxy) is 3. The summed E-state index contributed by atoms with van der Waals surface area (Å²) >= 11 is 1.38. The molecule has 0 bridgehead atoms. The zero-order valence-electron chi connectivity index (χ0n) is 17.6. The summed E-state index contributed by atoms with van der Waals surface area (Å²) in [5, 5.41) is 5.06. The third-order valence-electron chi connectivity index (χ3n) is 4.24. The number of carbonyl (C=O) groups excluding carboxylic acids is 3. The number of aromatic nitrogens is 1. The Balaban J connectivity index is 1.42. The molecule has 0 fully saturated rings. The average molecular weight is 455 g/mol. The van der Waals surface area contributed by atoms with E-state index in [1.54, 1.807) is 23.6 Å². The van der Waals surface area contributed by atoms with Crippen LogP contribution in [0.25, 0.3) is 0 Å². The van der Waals surface area contributed by atoms with Crippen molar-refractivity contribution in [1.29, 1.82) is 0 Å². The molecule has 0 saturated heterocycles. The Labute approximate surface area is 189 Å². The smallest absolute Gasteiger partial charge is 0.337 e. The number of aryl methyl sites for hydroxylation is 1. The molecular formula is C23H22N2O6S. The van der Waals surface area contributed by atoms with Crippen molar-refractivity contribution in [2.24, 2.45) is 0 Å². The van der Waals surface area contributed by atoms with Crippen LogP contribution in [-0.2, 0) is 32.1 Å². The zero-order valence-corrected chi connectivity index (χ0v) is 18.4. The van der Waals surface area contributed by atoms with E-state index < -0.39 is 24.5 Å². The van der Waals surface area contributed by atoms with Crippen LogP contribution in [0.1, 0.15) is 26.6 Å². The summed E-state index contributed by atoms with van der Waals surface area (Å²) in [6.07, 6.45) is -0.0495. The van der Waals surface area contributed by atoms with Gasteiger partial charge in [-0.15, -0.1) is 11.3 Å². The lowest BCUT2D eigenvalue weighted by atomic mass is 10.2. The largest absolute Gasteiger partial charge is 0.486 e. The Morgan fingerprint density at radius 1 is 1.09 bits per heavy atom. The van der Waals surface area contributed by atoms with Gasteiger partial charge in [0.15, 0.2) is 6.61 Å². The van der Waals surface area contributed by atoms with E-state index in [9.17, 15) is 14.4 Å². The van der Waals surface area contributed by atoms with Crippen molar-refractivity contribution in [2.45, 2.75) is 20.0 Å². The Morgan fingerprint density at radius 2 is 1.88 bits per heavy atom. The van der Waals surface area contributed by atoms with Crippen molar-refractivity contribution < 1.29 is 28.6 Å². The van der Waals surface area contributed by atoms with Crippen molar-refractivity contribution in [3.63, 3.8) is 0 Å². The van der Waals surface area contributed by atoms with Gasteiger partial charge in [0.25, 0.3) is 5.91 Å². The Hall–Kier alpha value is -3.72. The van der Waals surface area contributed by atoms with Crippen molar-refractivity contribution in [3.05, 3.63) is 75.7 Å². The second-order valence-electron chi connectivity index (χ2n) is 6.79.